The number of sulfonamides is 1. The van der Waals surface area contributed by atoms with Crippen LogP contribution in [-0.2, 0) is 21.8 Å². The highest BCUT2D eigenvalue weighted by atomic mass is 32.2. The number of rotatable bonds is 6. The first-order valence-corrected chi connectivity index (χ1v) is 12.4. The third kappa shape index (κ3) is 5.58. The first-order chi connectivity index (χ1) is 15.1. The van der Waals surface area contributed by atoms with Gasteiger partial charge in [0.25, 0.3) is 6.43 Å². The molecule has 2 N–H and O–H groups in total. The molecule has 1 fully saturated rings. The van der Waals surface area contributed by atoms with E-state index in [0.29, 0.717) is 24.0 Å². The minimum Gasteiger partial charge on any atom is -0.379 e. The number of aromatic nitrogens is 3. The maximum atomic E-state index is 13.6. The van der Waals surface area contributed by atoms with Crippen LogP contribution in [0.3, 0.4) is 0 Å². The van der Waals surface area contributed by atoms with E-state index in [1.54, 1.807) is 6.92 Å². The second-order valence-corrected chi connectivity index (χ2v) is 11.1. The van der Waals surface area contributed by atoms with Gasteiger partial charge in [-0.15, -0.1) is 11.3 Å². The zero-order valence-corrected chi connectivity index (χ0v) is 19.4. The molecule has 1 unspecified atom stereocenters. The second-order valence-electron chi connectivity index (χ2n) is 8.07. The molecule has 0 spiro atoms. The Morgan fingerprint density at radius 2 is 1.94 bits per heavy atom. The summed E-state index contributed by atoms with van der Waals surface area (Å²) in [6, 6.07) is -0.306. The summed E-state index contributed by atoms with van der Waals surface area (Å²) in [4.78, 5) is 11.2. The van der Waals surface area contributed by atoms with Crippen molar-refractivity contribution in [1.29, 1.82) is 0 Å². The number of hydrogen-bond donors (Lipinski definition) is 2. The Labute approximate surface area is 190 Å². The number of aliphatic hydroxyl groups is 1. The van der Waals surface area contributed by atoms with Gasteiger partial charge in [-0.2, -0.15) is 13.2 Å². The van der Waals surface area contributed by atoms with Gasteiger partial charge in [0.05, 0.1) is 11.1 Å². The fraction of sp³-hybridized carbons (Fsp3) is 0.611. The Hall–Kier alpha value is -1.97. The molecule has 0 amide bonds. The lowest BCUT2D eigenvalue weighted by atomic mass is 9.95. The van der Waals surface area contributed by atoms with Crippen LogP contribution in [0.15, 0.2) is 12.4 Å². The van der Waals surface area contributed by atoms with Crippen molar-refractivity contribution in [3.63, 3.8) is 0 Å². The molecule has 0 saturated carbocycles. The molecule has 2 aromatic heterocycles. The monoisotopic (exact) mass is 515 g/mol. The standard InChI is InChI=1S/C18H22F5N5O3S2/c1-9-8-28(33(3,30)31)5-4-11(9)26-16-25-6-10(18(21,22)23)13(27-16)14-24-7-12(32-14)17(2,29)15(19)20/h6-7,9,11,15,29H,4-5,8H2,1-3H3,(H,25,26,27)/t9-,11+,17?/m1/s1. The Bertz CT molecular complexity index is 1110. The first-order valence-electron chi connectivity index (χ1n) is 9.73. The van der Waals surface area contributed by atoms with Crippen molar-refractivity contribution in [2.75, 3.05) is 24.7 Å². The first kappa shape index (κ1) is 25.6. The van der Waals surface area contributed by atoms with Crippen LogP contribution < -0.4 is 5.32 Å². The molecule has 0 radical (unpaired) electrons. The lowest BCUT2D eigenvalue weighted by molar-refractivity contribution is -0.137. The number of thiazole rings is 1. The van der Waals surface area contributed by atoms with E-state index in [-0.39, 0.29) is 40.9 Å². The molecule has 0 aliphatic carbocycles. The lowest BCUT2D eigenvalue weighted by Crippen LogP contribution is -2.47. The molecule has 1 aliphatic rings. The summed E-state index contributed by atoms with van der Waals surface area (Å²) in [6.07, 6.45) is -5.05. The molecule has 184 valence electrons. The summed E-state index contributed by atoms with van der Waals surface area (Å²) in [5.41, 5.74) is -4.39. The third-order valence-corrected chi connectivity index (χ3v) is 7.88. The molecular weight excluding hydrogens is 493 g/mol. The maximum absolute atomic E-state index is 13.6. The molecule has 3 heterocycles. The highest BCUT2D eigenvalue weighted by Gasteiger charge is 2.39. The van der Waals surface area contributed by atoms with Gasteiger partial charge in [-0.05, 0) is 19.3 Å². The zero-order chi connectivity index (χ0) is 24.8. The zero-order valence-electron chi connectivity index (χ0n) is 17.8. The van der Waals surface area contributed by atoms with E-state index in [1.807, 2.05) is 0 Å². The van der Waals surface area contributed by atoms with Crippen molar-refractivity contribution in [2.24, 2.45) is 5.92 Å². The number of nitrogens with zero attached hydrogens (tertiary/aromatic N) is 4. The molecule has 0 bridgehead atoms. The summed E-state index contributed by atoms with van der Waals surface area (Å²) >= 11 is 0.477. The Balaban J connectivity index is 1.92. The predicted molar refractivity (Wildman–Crippen MR) is 111 cm³/mol. The summed E-state index contributed by atoms with van der Waals surface area (Å²) in [7, 11) is -3.37. The third-order valence-electron chi connectivity index (χ3n) is 5.38. The van der Waals surface area contributed by atoms with Gasteiger partial charge < -0.3 is 10.4 Å². The molecule has 3 rings (SSSR count). The molecular formula is C18H22F5N5O3S2. The van der Waals surface area contributed by atoms with E-state index in [0.717, 1.165) is 19.4 Å². The Morgan fingerprint density at radius 1 is 1.27 bits per heavy atom. The van der Waals surface area contributed by atoms with Crippen molar-refractivity contribution >= 4 is 27.3 Å². The quantitative estimate of drug-likeness (QED) is 0.569. The van der Waals surface area contributed by atoms with E-state index in [1.165, 1.54) is 4.31 Å². The van der Waals surface area contributed by atoms with E-state index in [9.17, 15) is 35.5 Å². The fourth-order valence-electron chi connectivity index (χ4n) is 3.34. The number of halogens is 5. The highest BCUT2D eigenvalue weighted by Crippen LogP contribution is 2.40. The van der Waals surface area contributed by atoms with Gasteiger partial charge in [0.2, 0.25) is 16.0 Å². The van der Waals surface area contributed by atoms with Crippen molar-refractivity contribution in [2.45, 2.75) is 44.5 Å². The second kappa shape index (κ2) is 9.00. The number of hydrogen-bond acceptors (Lipinski definition) is 8. The summed E-state index contributed by atoms with van der Waals surface area (Å²) < 4.78 is 91.7. The molecule has 33 heavy (non-hydrogen) atoms. The van der Waals surface area contributed by atoms with Crippen molar-refractivity contribution in [3.05, 3.63) is 22.8 Å². The van der Waals surface area contributed by atoms with E-state index in [2.05, 4.69) is 20.3 Å². The van der Waals surface area contributed by atoms with Crippen molar-refractivity contribution < 1.29 is 35.5 Å². The van der Waals surface area contributed by atoms with E-state index in [4.69, 9.17) is 0 Å². The smallest absolute Gasteiger partial charge is 0.379 e. The molecule has 3 atom stereocenters. The van der Waals surface area contributed by atoms with Crippen LogP contribution in [0.25, 0.3) is 10.7 Å². The minimum absolute atomic E-state index is 0.139. The molecule has 2 aromatic rings. The van der Waals surface area contributed by atoms with Crippen LogP contribution in [-0.4, -0.2) is 64.6 Å². The van der Waals surface area contributed by atoms with Crippen LogP contribution in [0, 0.1) is 5.92 Å². The Kier molecular flexibility index (Phi) is 6.99. The van der Waals surface area contributed by atoms with Crippen molar-refractivity contribution in [3.8, 4) is 10.7 Å². The van der Waals surface area contributed by atoms with Crippen LogP contribution in [0.2, 0.25) is 0 Å². The fourth-order valence-corrected chi connectivity index (χ4v) is 5.25. The van der Waals surface area contributed by atoms with Gasteiger partial charge in [-0.25, -0.2) is 36.5 Å². The molecule has 15 heteroatoms. The average molecular weight is 516 g/mol. The molecule has 1 aliphatic heterocycles. The largest absolute Gasteiger partial charge is 0.420 e. The average Bonchev–Trinajstić information content (AvgIpc) is 3.18. The van der Waals surface area contributed by atoms with Crippen molar-refractivity contribution in [1.82, 2.24) is 19.3 Å². The van der Waals surface area contributed by atoms with Gasteiger partial charge in [-0.3, -0.25) is 0 Å². The van der Waals surface area contributed by atoms with Crippen LogP contribution in [0.1, 0.15) is 30.7 Å². The van der Waals surface area contributed by atoms with Gasteiger partial charge in [-0.1, -0.05) is 6.92 Å². The maximum Gasteiger partial charge on any atom is 0.420 e. The number of anilines is 1. The number of alkyl halides is 5. The molecule has 1 saturated heterocycles. The van der Waals surface area contributed by atoms with Gasteiger partial charge in [0, 0.05) is 31.5 Å². The molecule has 0 aromatic carbocycles. The summed E-state index contributed by atoms with van der Waals surface area (Å²) in [6.45, 7) is 3.09. The summed E-state index contributed by atoms with van der Waals surface area (Å²) in [5.74, 6) is -0.324. The topological polar surface area (TPSA) is 108 Å². The number of nitrogens with one attached hydrogen (secondary N) is 1. The van der Waals surface area contributed by atoms with Gasteiger partial charge >= 0.3 is 6.18 Å². The normalized spacial score (nSPS) is 22.4. The lowest BCUT2D eigenvalue weighted by Gasteiger charge is -2.35. The van der Waals surface area contributed by atoms with Crippen LogP contribution in [0.5, 0.6) is 0 Å². The van der Waals surface area contributed by atoms with Crippen LogP contribution in [0.4, 0.5) is 27.9 Å². The Morgan fingerprint density at radius 3 is 2.48 bits per heavy atom. The van der Waals surface area contributed by atoms with Crippen LogP contribution >= 0.6 is 11.3 Å². The minimum atomic E-state index is -4.83. The highest BCUT2D eigenvalue weighted by molar-refractivity contribution is 7.88. The predicted octanol–water partition coefficient (Wildman–Crippen LogP) is 3.17. The van der Waals surface area contributed by atoms with Gasteiger partial charge in [0.1, 0.15) is 16.3 Å². The number of piperidine rings is 1. The van der Waals surface area contributed by atoms with Gasteiger partial charge in [0.15, 0.2) is 5.60 Å². The summed E-state index contributed by atoms with van der Waals surface area (Å²) in [5, 5.41) is 12.6. The van der Waals surface area contributed by atoms with E-state index >= 15 is 0 Å². The SMILES string of the molecule is C[C@@H]1CN(S(C)(=O)=O)CC[C@@H]1Nc1ncc(C(F)(F)F)c(-c2ncc(C(C)(O)C(F)F)s2)n1. The molecule has 8 nitrogen and oxygen atoms in total. The van der Waals surface area contributed by atoms with E-state index < -0.39 is 39.5 Å².